The van der Waals surface area contributed by atoms with Gasteiger partial charge in [-0.25, -0.2) is 0 Å². The molecule has 0 radical (unpaired) electrons. The minimum Gasteiger partial charge on any atom is -0.380 e. The molecule has 0 saturated heterocycles. The second-order valence-corrected chi connectivity index (χ2v) is 5.07. The largest absolute Gasteiger partial charge is 0.380 e. The Bertz CT molecular complexity index is 420. The number of benzene rings is 2. The smallest absolute Gasteiger partial charge is 0.0383 e. The van der Waals surface area contributed by atoms with Crippen LogP contribution in [0.25, 0.3) is 0 Å². The lowest BCUT2D eigenvalue weighted by Gasteiger charge is -2.31. The van der Waals surface area contributed by atoms with E-state index < -0.39 is 0 Å². The second kappa shape index (κ2) is 5.72. The molecule has 0 fully saturated rings. The van der Waals surface area contributed by atoms with Gasteiger partial charge in [0.05, 0.1) is 0 Å². The van der Waals surface area contributed by atoms with E-state index >= 15 is 0 Å². The molecule has 0 saturated carbocycles. The Morgan fingerprint density at radius 1 is 0.889 bits per heavy atom. The van der Waals surface area contributed by atoms with Crippen LogP contribution in [0, 0.1) is 0 Å². The van der Waals surface area contributed by atoms with Crippen molar-refractivity contribution in [2.45, 2.75) is 32.2 Å². The van der Waals surface area contributed by atoms with Crippen LogP contribution in [0.4, 0.5) is 5.69 Å². The van der Waals surface area contributed by atoms with E-state index in [0.29, 0.717) is 0 Å². The molecule has 0 aromatic heterocycles. The summed E-state index contributed by atoms with van der Waals surface area (Å²) in [6, 6.07) is 21.1. The average molecular weight is 239 g/mol. The first kappa shape index (κ1) is 12.7. The van der Waals surface area contributed by atoms with Crippen molar-refractivity contribution in [2.24, 2.45) is 0 Å². The number of hydrogen-bond acceptors (Lipinski definition) is 1. The highest BCUT2D eigenvalue weighted by Gasteiger charge is 2.21. The third-order valence-corrected chi connectivity index (χ3v) is 3.44. The Morgan fingerprint density at radius 3 is 2.00 bits per heavy atom. The Hall–Kier alpha value is -1.76. The van der Waals surface area contributed by atoms with Crippen LogP contribution in [-0.2, 0) is 6.42 Å². The van der Waals surface area contributed by atoms with Crippen LogP contribution in [0.2, 0.25) is 0 Å². The standard InChI is InChI=1S/C17H21N/c1-3-17(2,14-15-10-6-4-7-11-15)18-16-12-8-5-9-13-16/h4-13,18H,3,14H2,1-2H3. The molecular weight excluding hydrogens is 218 g/mol. The molecule has 2 rings (SSSR count). The van der Waals surface area contributed by atoms with Crippen LogP contribution in [-0.4, -0.2) is 5.54 Å². The van der Waals surface area contributed by atoms with Gasteiger partial charge in [0.2, 0.25) is 0 Å². The molecule has 94 valence electrons. The van der Waals surface area contributed by atoms with Crippen LogP contribution in [0.3, 0.4) is 0 Å². The molecule has 2 aromatic rings. The summed E-state index contributed by atoms with van der Waals surface area (Å²) < 4.78 is 0. The first-order valence-electron chi connectivity index (χ1n) is 6.59. The fourth-order valence-corrected chi connectivity index (χ4v) is 2.17. The maximum atomic E-state index is 3.65. The lowest BCUT2D eigenvalue weighted by atomic mass is 9.90. The van der Waals surface area contributed by atoms with E-state index in [2.05, 4.69) is 73.8 Å². The van der Waals surface area contributed by atoms with Crippen molar-refractivity contribution in [1.82, 2.24) is 0 Å². The first-order valence-corrected chi connectivity index (χ1v) is 6.59. The Morgan fingerprint density at radius 2 is 1.44 bits per heavy atom. The van der Waals surface area contributed by atoms with Crippen LogP contribution in [0.15, 0.2) is 60.7 Å². The number of anilines is 1. The Kier molecular flexibility index (Phi) is 4.03. The minimum absolute atomic E-state index is 0.0999. The van der Waals surface area contributed by atoms with Crippen molar-refractivity contribution in [3.8, 4) is 0 Å². The highest BCUT2D eigenvalue weighted by molar-refractivity contribution is 5.45. The van der Waals surface area contributed by atoms with Crippen LogP contribution in [0.1, 0.15) is 25.8 Å². The van der Waals surface area contributed by atoms with E-state index in [0.717, 1.165) is 12.8 Å². The van der Waals surface area contributed by atoms with E-state index in [9.17, 15) is 0 Å². The zero-order valence-corrected chi connectivity index (χ0v) is 11.2. The van der Waals surface area contributed by atoms with Crippen molar-refractivity contribution in [2.75, 3.05) is 5.32 Å². The first-order chi connectivity index (χ1) is 8.72. The predicted octanol–water partition coefficient (Wildman–Crippen LogP) is 4.51. The van der Waals surface area contributed by atoms with Gasteiger partial charge in [0, 0.05) is 11.2 Å². The quantitative estimate of drug-likeness (QED) is 0.809. The van der Waals surface area contributed by atoms with Crippen LogP contribution in [0.5, 0.6) is 0 Å². The summed E-state index contributed by atoms with van der Waals surface area (Å²) in [4.78, 5) is 0. The molecular formula is C17H21N. The molecule has 1 heteroatoms. The van der Waals surface area contributed by atoms with Crippen LogP contribution >= 0.6 is 0 Å². The van der Waals surface area contributed by atoms with Crippen molar-refractivity contribution in [3.05, 3.63) is 66.2 Å². The number of para-hydroxylation sites is 1. The van der Waals surface area contributed by atoms with Crippen molar-refractivity contribution >= 4 is 5.69 Å². The van der Waals surface area contributed by atoms with Crippen molar-refractivity contribution in [1.29, 1.82) is 0 Å². The molecule has 0 aliphatic carbocycles. The lowest BCUT2D eigenvalue weighted by Crippen LogP contribution is -2.36. The Balaban J connectivity index is 2.11. The third-order valence-electron chi connectivity index (χ3n) is 3.44. The molecule has 0 spiro atoms. The van der Waals surface area contributed by atoms with Crippen molar-refractivity contribution < 1.29 is 0 Å². The summed E-state index contributed by atoms with van der Waals surface area (Å²) in [6.07, 6.45) is 2.13. The number of hydrogen-bond donors (Lipinski definition) is 1. The summed E-state index contributed by atoms with van der Waals surface area (Å²) >= 11 is 0. The molecule has 1 atom stereocenters. The zero-order valence-electron chi connectivity index (χ0n) is 11.2. The Labute approximate surface area is 110 Å². The number of nitrogens with one attached hydrogen (secondary N) is 1. The summed E-state index contributed by atoms with van der Waals surface area (Å²) in [5, 5.41) is 3.65. The zero-order chi connectivity index (χ0) is 12.8. The lowest BCUT2D eigenvalue weighted by molar-refractivity contribution is 0.492. The molecule has 0 aliphatic heterocycles. The third kappa shape index (κ3) is 3.36. The van der Waals surface area contributed by atoms with Gasteiger partial charge in [0.25, 0.3) is 0 Å². The van der Waals surface area contributed by atoms with Gasteiger partial charge in [-0.2, -0.15) is 0 Å². The molecule has 0 aliphatic rings. The highest BCUT2D eigenvalue weighted by Crippen LogP contribution is 2.22. The van der Waals surface area contributed by atoms with Gasteiger partial charge >= 0.3 is 0 Å². The van der Waals surface area contributed by atoms with Gasteiger partial charge < -0.3 is 5.32 Å². The molecule has 1 N–H and O–H groups in total. The SMILES string of the molecule is CCC(C)(Cc1ccccc1)Nc1ccccc1. The van der Waals surface area contributed by atoms with Gasteiger partial charge in [-0.1, -0.05) is 55.5 Å². The average Bonchev–Trinajstić information content (AvgIpc) is 2.41. The van der Waals surface area contributed by atoms with Crippen molar-refractivity contribution in [3.63, 3.8) is 0 Å². The molecule has 0 heterocycles. The summed E-state index contributed by atoms with van der Waals surface area (Å²) in [6.45, 7) is 4.52. The molecule has 2 aromatic carbocycles. The van der Waals surface area contributed by atoms with E-state index in [1.54, 1.807) is 0 Å². The monoisotopic (exact) mass is 239 g/mol. The fourth-order valence-electron chi connectivity index (χ4n) is 2.17. The molecule has 0 amide bonds. The summed E-state index contributed by atoms with van der Waals surface area (Å²) in [5.74, 6) is 0. The fraction of sp³-hybridized carbons (Fsp3) is 0.294. The van der Waals surface area contributed by atoms with E-state index in [-0.39, 0.29) is 5.54 Å². The molecule has 1 nitrogen and oxygen atoms in total. The molecule has 1 unspecified atom stereocenters. The summed E-state index contributed by atoms with van der Waals surface area (Å²) in [5.41, 5.74) is 2.67. The number of rotatable bonds is 5. The highest BCUT2D eigenvalue weighted by atomic mass is 15.0. The van der Waals surface area contributed by atoms with Gasteiger partial charge in [0.1, 0.15) is 0 Å². The summed E-state index contributed by atoms with van der Waals surface area (Å²) in [7, 11) is 0. The van der Waals surface area contributed by atoms with Gasteiger partial charge in [-0.3, -0.25) is 0 Å². The normalized spacial score (nSPS) is 13.9. The van der Waals surface area contributed by atoms with Gasteiger partial charge in [-0.15, -0.1) is 0 Å². The van der Waals surface area contributed by atoms with Gasteiger partial charge in [0.15, 0.2) is 0 Å². The van der Waals surface area contributed by atoms with E-state index in [4.69, 9.17) is 0 Å². The second-order valence-electron chi connectivity index (χ2n) is 5.07. The predicted molar refractivity (Wildman–Crippen MR) is 78.9 cm³/mol. The topological polar surface area (TPSA) is 12.0 Å². The maximum absolute atomic E-state index is 3.65. The van der Waals surface area contributed by atoms with E-state index in [1.165, 1.54) is 11.3 Å². The molecule has 0 bridgehead atoms. The van der Waals surface area contributed by atoms with Gasteiger partial charge in [-0.05, 0) is 37.5 Å². The molecule has 18 heavy (non-hydrogen) atoms. The van der Waals surface area contributed by atoms with E-state index in [1.807, 2.05) is 6.07 Å². The minimum atomic E-state index is 0.0999. The maximum Gasteiger partial charge on any atom is 0.0383 e. The van der Waals surface area contributed by atoms with Crippen LogP contribution < -0.4 is 5.32 Å².